The second kappa shape index (κ2) is 20.7. The number of benzene rings is 4. The predicted octanol–water partition coefficient (Wildman–Crippen LogP) is 7.51. The number of amides is 4. The van der Waals surface area contributed by atoms with Crippen molar-refractivity contribution in [1.29, 1.82) is 0 Å². The number of hydrogen-bond acceptors (Lipinski definition) is 11. The number of aromatic nitrogens is 5. The quantitative estimate of drug-likeness (QED) is 0.0523. The monoisotopic (exact) mass is 1020 g/mol. The molecule has 1 unspecified atom stereocenters. The Bertz CT molecular complexity index is 3330. The first-order valence-corrected chi connectivity index (χ1v) is 24.9. The van der Waals surface area contributed by atoms with E-state index < -0.39 is 35.3 Å². The van der Waals surface area contributed by atoms with Gasteiger partial charge in [0.2, 0.25) is 11.8 Å². The summed E-state index contributed by atoms with van der Waals surface area (Å²) in [6, 6.07) is 16.3. The number of ether oxygens (including phenoxy) is 3. The lowest BCUT2D eigenvalue weighted by Crippen LogP contribution is -2.52. The molecule has 4 amide bonds. The third-order valence-corrected chi connectivity index (χ3v) is 13.8. The molecule has 382 valence electrons. The van der Waals surface area contributed by atoms with Crippen LogP contribution in [0, 0.1) is 26.6 Å². The van der Waals surface area contributed by atoms with Gasteiger partial charge in [-0.3, -0.25) is 34.1 Å². The second-order valence-electron chi connectivity index (χ2n) is 19.7. The van der Waals surface area contributed by atoms with Crippen LogP contribution in [0.25, 0.3) is 43.8 Å². The molecular weight excluding hydrogens is 957 g/mol. The molecule has 0 aliphatic carbocycles. The van der Waals surface area contributed by atoms with Crippen LogP contribution in [0.1, 0.15) is 83.7 Å². The summed E-state index contributed by atoms with van der Waals surface area (Å²) in [6.07, 6.45) is 1.30. The van der Waals surface area contributed by atoms with Gasteiger partial charge in [-0.2, -0.15) is 5.10 Å². The number of aromatic amines is 1. The summed E-state index contributed by atoms with van der Waals surface area (Å²) in [6.45, 7) is 14.2. The molecule has 2 saturated heterocycles. The zero-order valence-corrected chi connectivity index (χ0v) is 42.8. The number of nitrogens with zero attached hydrogens (tertiary/aromatic N) is 6. The number of nitrogens with one attached hydrogen (secondary N) is 3. The summed E-state index contributed by atoms with van der Waals surface area (Å²) in [5.74, 6) is -1.08. The Kier molecular flexibility index (Phi) is 14.3. The second-order valence-corrected chi connectivity index (χ2v) is 20.1. The molecule has 5 heterocycles. The molecule has 9 rings (SSSR count). The number of halogens is 2. The van der Waals surface area contributed by atoms with Crippen LogP contribution >= 0.6 is 11.6 Å². The summed E-state index contributed by atoms with van der Waals surface area (Å²) >= 11 is 7.20. The number of hydrogen-bond donors (Lipinski definition) is 3. The van der Waals surface area contributed by atoms with E-state index in [-0.39, 0.29) is 42.5 Å². The summed E-state index contributed by atoms with van der Waals surface area (Å²) in [5.41, 5.74) is 5.67. The topological polar surface area (TPSA) is 195 Å². The number of piperazine rings is 1. The highest BCUT2D eigenvalue weighted by molar-refractivity contribution is 6.35. The van der Waals surface area contributed by atoms with Crippen LogP contribution in [-0.2, 0) is 39.1 Å². The van der Waals surface area contributed by atoms with Crippen molar-refractivity contribution < 1.29 is 42.6 Å². The van der Waals surface area contributed by atoms with Crippen LogP contribution in [0.3, 0.4) is 0 Å². The molecule has 0 saturated carbocycles. The van der Waals surface area contributed by atoms with Gasteiger partial charge in [0.15, 0.2) is 6.61 Å². The van der Waals surface area contributed by atoms with Gasteiger partial charge in [0.1, 0.15) is 46.0 Å². The largest absolute Gasteiger partial charge is 0.493 e. The molecule has 3 aromatic heterocycles. The van der Waals surface area contributed by atoms with Gasteiger partial charge in [-0.15, -0.1) is 0 Å². The van der Waals surface area contributed by atoms with Crippen molar-refractivity contribution in [3.05, 3.63) is 106 Å². The fourth-order valence-electron chi connectivity index (χ4n) is 9.92. The fraction of sp³-hybridized carbons (Fsp3) is 0.389. The van der Waals surface area contributed by atoms with Crippen molar-refractivity contribution >= 4 is 73.9 Å². The maximum absolute atomic E-state index is 14.7. The van der Waals surface area contributed by atoms with E-state index in [1.54, 1.807) is 24.0 Å². The highest BCUT2D eigenvalue weighted by Gasteiger charge is 2.33. The molecular formula is C54H59ClFN9O8. The minimum Gasteiger partial charge on any atom is -0.493 e. The molecule has 4 aromatic carbocycles. The molecule has 1 atom stereocenters. The van der Waals surface area contributed by atoms with Crippen LogP contribution in [0.5, 0.6) is 11.5 Å². The molecule has 0 spiro atoms. The number of esters is 1. The summed E-state index contributed by atoms with van der Waals surface area (Å²) in [4.78, 5) is 77.5. The number of carbonyl (C=O) groups excluding carboxylic acids is 5. The Labute approximate surface area is 426 Å². The van der Waals surface area contributed by atoms with E-state index in [0.717, 1.165) is 49.8 Å². The van der Waals surface area contributed by atoms with Crippen LogP contribution in [-0.4, -0.2) is 121 Å². The van der Waals surface area contributed by atoms with Crippen molar-refractivity contribution in [2.24, 2.45) is 7.05 Å². The van der Waals surface area contributed by atoms with Crippen molar-refractivity contribution in [3.8, 4) is 22.6 Å². The zero-order chi connectivity index (χ0) is 51.9. The Morgan fingerprint density at radius 2 is 1.70 bits per heavy atom. The molecule has 17 nitrogen and oxygen atoms in total. The number of aryl methyl sites for hydroxylation is 4. The minimum atomic E-state index is -0.886. The lowest BCUT2D eigenvalue weighted by Gasteiger charge is -2.35. The number of carbonyl (C=O) groups is 5. The SMILES string of the molecule is Cc1nc2c(C(=O)NC3CCC(=O)NC3=O)cc(OCC(=O)N3CCN(CCn4c(C(=O)OC(C)(C)C)c(CCCOc5cccc6cc(F)ccc56)c5ccc(Cl)c(-c6c(C)nn(C)c6C)c54)CC3)cc2[nH]1. The van der Waals surface area contributed by atoms with Gasteiger partial charge >= 0.3 is 5.97 Å². The average Bonchev–Trinajstić information content (AvgIpc) is 3.96. The van der Waals surface area contributed by atoms with E-state index in [0.29, 0.717) is 92.0 Å². The van der Waals surface area contributed by atoms with E-state index in [1.165, 1.54) is 18.2 Å². The number of rotatable bonds is 15. The Hall–Kier alpha value is -7.31. The van der Waals surface area contributed by atoms with Gasteiger partial charge in [-0.1, -0.05) is 29.8 Å². The summed E-state index contributed by atoms with van der Waals surface area (Å²) < 4.78 is 36.4. The van der Waals surface area contributed by atoms with Gasteiger partial charge in [-0.25, -0.2) is 14.2 Å². The number of H-pyrrole nitrogens is 1. The van der Waals surface area contributed by atoms with Crippen molar-refractivity contribution in [1.82, 2.24) is 44.7 Å². The van der Waals surface area contributed by atoms with E-state index in [9.17, 15) is 28.4 Å². The summed E-state index contributed by atoms with van der Waals surface area (Å²) in [5, 5.41) is 12.6. The van der Waals surface area contributed by atoms with E-state index in [1.807, 2.05) is 76.7 Å². The lowest BCUT2D eigenvalue weighted by molar-refractivity contribution is -0.136. The van der Waals surface area contributed by atoms with Gasteiger partial charge in [0.25, 0.3) is 11.8 Å². The van der Waals surface area contributed by atoms with E-state index >= 15 is 0 Å². The number of piperidine rings is 1. The van der Waals surface area contributed by atoms with Gasteiger partial charge in [0.05, 0.1) is 33.9 Å². The van der Waals surface area contributed by atoms with Gasteiger partial charge in [0, 0.05) is 86.4 Å². The number of imide groups is 1. The third-order valence-electron chi connectivity index (χ3n) is 13.5. The fourth-order valence-corrected chi connectivity index (χ4v) is 10.2. The average molecular weight is 1020 g/mol. The Morgan fingerprint density at radius 1 is 0.932 bits per heavy atom. The van der Waals surface area contributed by atoms with Gasteiger partial charge in [-0.05, 0) is 108 Å². The molecule has 2 aliphatic heterocycles. The third kappa shape index (κ3) is 10.8. The molecule has 3 N–H and O–H groups in total. The first-order valence-electron chi connectivity index (χ1n) is 24.5. The molecule has 2 aliphatic rings. The maximum atomic E-state index is 14.7. The molecule has 19 heteroatoms. The predicted molar refractivity (Wildman–Crippen MR) is 274 cm³/mol. The van der Waals surface area contributed by atoms with Crippen molar-refractivity contribution in [2.45, 2.75) is 85.4 Å². The minimum absolute atomic E-state index is 0.105. The van der Waals surface area contributed by atoms with Crippen molar-refractivity contribution in [3.63, 3.8) is 0 Å². The molecule has 0 bridgehead atoms. The number of imidazole rings is 1. The first-order chi connectivity index (χ1) is 34.8. The lowest BCUT2D eigenvalue weighted by atomic mass is 9.98. The van der Waals surface area contributed by atoms with E-state index in [4.69, 9.17) is 30.9 Å². The smallest absolute Gasteiger partial charge is 0.355 e. The van der Waals surface area contributed by atoms with Crippen molar-refractivity contribution in [2.75, 3.05) is 45.9 Å². The van der Waals surface area contributed by atoms with Crippen LogP contribution < -0.4 is 20.1 Å². The van der Waals surface area contributed by atoms with Gasteiger partial charge < -0.3 is 34.0 Å². The summed E-state index contributed by atoms with van der Waals surface area (Å²) in [7, 11) is 1.89. The first kappa shape index (κ1) is 50.6. The van der Waals surface area contributed by atoms with E-state index in [2.05, 4.69) is 30.1 Å². The molecule has 7 aromatic rings. The molecule has 73 heavy (non-hydrogen) atoms. The molecule has 2 fully saturated rings. The normalized spacial score (nSPS) is 15.6. The van der Waals surface area contributed by atoms with Crippen LogP contribution in [0.4, 0.5) is 4.39 Å². The highest BCUT2D eigenvalue weighted by Crippen LogP contribution is 2.43. The Morgan fingerprint density at radius 3 is 2.42 bits per heavy atom. The molecule has 0 radical (unpaired) electrons. The highest BCUT2D eigenvalue weighted by atomic mass is 35.5. The van der Waals surface area contributed by atoms with Crippen LogP contribution in [0.15, 0.2) is 60.7 Å². The Balaban J connectivity index is 0.934. The maximum Gasteiger partial charge on any atom is 0.355 e. The van der Waals surface area contributed by atoms with Crippen LogP contribution in [0.2, 0.25) is 5.02 Å². The standard InChI is InChI=1S/C54H59ClFN9O8/c1-30-46(31(2)62(7)61-30)47-40(55)16-15-38-37(11-9-25-71-43-12-8-10-33-26-34(56)13-14-36(33)43)50(53(70)73-54(4,5)6)65(49(38)47)24-21-63-19-22-64(23-20-63)45(67)29-72-35-27-39(48-42(28-35)57-32(3)58-48)51(68)59-41-17-18-44(66)60-52(41)69/h8,10,12-16,26-28,41H,9,11,17-25,29H2,1-7H3,(H,57,58)(H,59,68)(H,60,66,69). The zero-order valence-electron chi connectivity index (χ0n) is 42.0. The number of fused-ring (bicyclic) bond motifs is 3.